The van der Waals surface area contributed by atoms with Crippen molar-refractivity contribution in [2.24, 2.45) is 0 Å². The average molecular weight is 352 g/mol. The Morgan fingerprint density at radius 1 is 1.42 bits per heavy atom. The first-order valence-electron chi connectivity index (χ1n) is 8.58. The fourth-order valence-corrected chi connectivity index (χ4v) is 4.21. The molecule has 1 atom stereocenters. The molecule has 2 fully saturated rings. The zero-order valence-electron chi connectivity index (χ0n) is 13.7. The minimum Gasteiger partial charge on any atom is -0.394 e. The number of thiazole rings is 1. The molecule has 0 spiro atoms. The summed E-state index contributed by atoms with van der Waals surface area (Å²) in [6.07, 6.45) is 5.98. The molecule has 1 aromatic heterocycles. The lowest BCUT2D eigenvalue weighted by molar-refractivity contribution is -0.127. The maximum absolute atomic E-state index is 12.2. The van der Waals surface area contributed by atoms with Gasteiger partial charge in [0.25, 0.3) is 5.91 Å². The zero-order chi connectivity index (χ0) is 16.9. The van der Waals surface area contributed by atoms with Crippen LogP contribution in [0.2, 0.25) is 0 Å². The molecule has 7 nitrogen and oxygen atoms in total. The number of carbonyl (C=O) groups is 2. The largest absolute Gasteiger partial charge is 0.394 e. The minimum absolute atomic E-state index is 0.116. The van der Waals surface area contributed by atoms with E-state index in [2.05, 4.69) is 15.2 Å². The molecule has 8 heteroatoms. The molecule has 3 heterocycles. The van der Waals surface area contributed by atoms with E-state index in [9.17, 15) is 14.7 Å². The number of aliphatic hydroxyl groups is 1. The van der Waals surface area contributed by atoms with Gasteiger partial charge in [0.1, 0.15) is 4.88 Å². The molecule has 2 aliphatic rings. The SMILES string of the molecule is O=C(NCCCN1CCCC1=O)c1cnc(N2CCCC2CO)s1. The monoisotopic (exact) mass is 352 g/mol. The molecular weight excluding hydrogens is 328 g/mol. The van der Waals surface area contributed by atoms with Crippen molar-refractivity contribution in [3.63, 3.8) is 0 Å². The Morgan fingerprint density at radius 3 is 3.04 bits per heavy atom. The second-order valence-corrected chi connectivity index (χ2v) is 7.28. The fourth-order valence-electron chi connectivity index (χ4n) is 3.28. The van der Waals surface area contributed by atoms with E-state index in [0.717, 1.165) is 43.9 Å². The Morgan fingerprint density at radius 2 is 2.29 bits per heavy atom. The van der Waals surface area contributed by atoms with Gasteiger partial charge in [-0.3, -0.25) is 9.59 Å². The first-order valence-corrected chi connectivity index (χ1v) is 9.40. The number of hydrogen-bond donors (Lipinski definition) is 2. The van der Waals surface area contributed by atoms with Crippen molar-refractivity contribution in [2.45, 2.75) is 38.1 Å². The van der Waals surface area contributed by atoms with Gasteiger partial charge in [0.2, 0.25) is 5.91 Å². The first kappa shape index (κ1) is 17.2. The van der Waals surface area contributed by atoms with Crippen molar-refractivity contribution in [3.8, 4) is 0 Å². The Balaban J connectivity index is 1.44. The van der Waals surface area contributed by atoms with Crippen molar-refractivity contribution in [1.29, 1.82) is 0 Å². The molecule has 1 unspecified atom stereocenters. The summed E-state index contributed by atoms with van der Waals surface area (Å²) < 4.78 is 0. The van der Waals surface area contributed by atoms with Gasteiger partial charge < -0.3 is 20.2 Å². The first-order chi connectivity index (χ1) is 11.7. The Kier molecular flexibility index (Phi) is 5.68. The number of nitrogens with one attached hydrogen (secondary N) is 1. The van der Waals surface area contributed by atoms with Crippen LogP contribution in [0.15, 0.2) is 6.20 Å². The third-order valence-electron chi connectivity index (χ3n) is 4.61. The number of anilines is 1. The van der Waals surface area contributed by atoms with Crippen LogP contribution >= 0.6 is 11.3 Å². The number of amides is 2. The lowest BCUT2D eigenvalue weighted by atomic mass is 10.2. The number of likely N-dealkylation sites (tertiary alicyclic amines) is 1. The van der Waals surface area contributed by atoms with E-state index in [0.29, 0.717) is 24.4 Å². The van der Waals surface area contributed by atoms with E-state index in [1.165, 1.54) is 11.3 Å². The van der Waals surface area contributed by atoms with Gasteiger partial charge in [0, 0.05) is 32.6 Å². The van der Waals surface area contributed by atoms with Crippen LogP contribution in [0.1, 0.15) is 41.8 Å². The van der Waals surface area contributed by atoms with Gasteiger partial charge in [-0.25, -0.2) is 4.98 Å². The van der Waals surface area contributed by atoms with Crippen LogP contribution in [0.3, 0.4) is 0 Å². The van der Waals surface area contributed by atoms with Crippen molar-refractivity contribution in [3.05, 3.63) is 11.1 Å². The van der Waals surface area contributed by atoms with Gasteiger partial charge in [0.15, 0.2) is 5.13 Å². The van der Waals surface area contributed by atoms with Crippen molar-refractivity contribution < 1.29 is 14.7 Å². The molecule has 1 aromatic rings. The van der Waals surface area contributed by atoms with E-state index in [4.69, 9.17) is 0 Å². The normalized spacial score (nSPS) is 20.9. The van der Waals surface area contributed by atoms with E-state index >= 15 is 0 Å². The van der Waals surface area contributed by atoms with E-state index in [-0.39, 0.29) is 24.5 Å². The molecule has 0 aromatic carbocycles. The van der Waals surface area contributed by atoms with E-state index < -0.39 is 0 Å². The molecule has 2 saturated heterocycles. The molecule has 24 heavy (non-hydrogen) atoms. The van der Waals surface area contributed by atoms with Crippen LogP contribution in [-0.2, 0) is 4.79 Å². The van der Waals surface area contributed by atoms with E-state index in [1.54, 1.807) is 6.20 Å². The van der Waals surface area contributed by atoms with Gasteiger partial charge in [0.05, 0.1) is 18.8 Å². The van der Waals surface area contributed by atoms with Crippen LogP contribution in [0.4, 0.5) is 5.13 Å². The van der Waals surface area contributed by atoms with Crippen molar-refractivity contribution in [2.75, 3.05) is 37.7 Å². The highest BCUT2D eigenvalue weighted by atomic mass is 32.1. The van der Waals surface area contributed by atoms with Gasteiger partial charge in [-0.05, 0) is 25.7 Å². The second kappa shape index (κ2) is 7.94. The highest BCUT2D eigenvalue weighted by Gasteiger charge is 2.26. The minimum atomic E-state index is -0.119. The topological polar surface area (TPSA) is 85.8 Å². The van der Waals surface area contributed by atoms with Crippen LogP contribution in [-0.4, -0.2) is 65.6 Å². The highest BCUT2D eigenvalue weighted by molar-refractivity contribution is 7.17. The van der Waals surface area contributed by atoms with Crippen LogP contribution in [0.5, 0.6) is 0 Å². The molecule has 132 valence electrons. The summed E-state index contributed by atoms with van der Waals surface area (Å²) in [5, 5.41) is 13.1. The molecule has 0 bridgehead atoms. The zero-order valence-corrected chi connectivity index (χ0v) is 14.6. The molecule has 2 N–H and O–H groups in total. The fraction of sp³-hybridized carbons (Fsp3) is 0.688. The lowest BCUT2D eigenvalue weighted by Crippen LogP contribution is -2.31. The quantitative estimate of drug-likeness (QED) is 0.711. The molecule has 0 saturated carbocycles. The van der Waals surface area contributed by atoms with Crippen molar-refractivity contribution >= 4 is 28.3 Å². The van der Waals surface area contributed by atoms with Crippen LogP contribution in [0.25, 0.3) is 0 Å². The second-order valence-electron chi connectivity index (χ2n) is 6.27. The Hall–Kier alpha value is -1.67. The molecule has 2 aliphatic heterocycles. The maximum atomic E-state index is 12.2. The van der Waals surface area contributed by atoms with Crippen LogP contribution < -0.4 is 10.2 Å². The number of hydrogen-bond acceptors (Lipinski definition) is 6. The smallest absolute Gasteiger partial charge is 0.263 e. The summed E-state index contributed by atoms with van der Waals surface area (Å²) in [7, 11) is 0. The molecule has 3 rings (SSSR count). The molecule has 0 radical (unpaired) electrons. The van der Waals surface area contributed by atoms with Gasteiger partial charge in [-0.2, -0.15) is 0 Å². The molecule has 0 aliphatic carbocycles. The number of aliphatic hydroxyl groups excluding tert-OH is 1. The van der Waals surface area contributed by atoms with Crippen molar-refractivity contribution in [1.82, 2.24) is 15.2 Å². The number of carbonyl (C=O) groups excluding carboxylic acids is 2. The van der Waals surface area contributed by atoms with Crippen LogP contribution in [0, 0.1) is 0 Å². The van der Waals surface area contributed by atoms with E-state index in [1.807, 2.05) is 4.90 Å². The summed E-state index contributed by atoms with van der Waals surface area (Å²) in [4.78, 5) is 32.6. The molecule has 2 amide bonds. The van der Waals surface area contributed by atoms with Gasteiger partial charge in [-0.15, -0.1) is 0 Å². The summed E-state index contributed by atoms with van der Waals surface area (Å²) in [5.41, 5.74) is 0. The highest BCUT2D eigenvalue weighted by Crippen LogP contribution is 2.29. The van der Waals surface area contributed by atoms with Gasteiger partial charge in [-0.1, -0.05) is 11.3 Å². The average Bonchev–Trinajstić information content (AvgIpc) is 3.31. The summed E-state index contributed by atoms with van der Waals surface area (Å²) in [6, 6.07) is 0.116. The third-order valence-corrected chi connectivity index (χ3v) is 5.65. The predicted octanol–water partition coefficient (Wildman–Crippen LogP) is 0.846. The number of rotatable bonds is 7. The third kappa shape index (κ3) is 3.87. The standard InChI is InChI=1S/C16H24N4O3S/c21-11-12-4-1-9-20(12)16-18-10-13(24-16)15(23)17-6-3-8-19-7-2-5-14(19)22/h10,12,21H,1-9,11H2,(H,17,23). The summed E-state index contributed by atoms with van der Waals surface area (Å²) >= 11 is 1.37. The maximum Gasteiger partial charge on any atom is 0.263 e. The summed E-state index contributed by atoms with van der Waals surface area (Å²) in [6.45, 7) is 3.10. The molecular formula is C16H24N4O3S. The lowest BCUT2D eigenvalue weighted by Gasteiger charge is -2.21. The summed E-state index contributed by atoms with van der Waals surface area (Å²) in [5.74, 6) is 0.101. The Bertz CT molecular complexity index is 592. The number of nitrogens with zero attached hydrogens (tertiary/aromatic N) is 3. The predicted molar refractivity (Wildman–Crippen MR) is 92.3 cm³/mol. The van der Waals surface area contributed by atoms with Gasteiger partial charge >= 0.3 is 0 Å². The Labute approximate surface area is 145 Å². The number of aromatic nitrogens is 1.